The summed E-state index contributed by atoms with van der Waals surface area (Å²) in [7, 11) is 0. The van der Waals surface area contributed by atoms with E-state index in [-0.39, 0.29) is 5.69 Å². The number of hydrogen-bond donors (Lipinski definition) is 1. The monoisotopic (exact) mass is 274 g/mol. The minimum absolute atomic E-state index is 0.0721. The summed E-state index contributed by atoms with van der Waals surface area (Å²) < 4.78 is 5.61. The van der Waals surface area contributed by atoms with Gasteiger partial charge >= 0.3 is 0 Å². The van der Waals surface area contributed by atoms with Gasteiger partial charge in [0.15, 0.2) is 0 Å². The first-order valence-electron chi connectivity index (χ1n) is 6.06. The smallest absolute Gasteiger partial charge is 0.270 e. The Morgan fingerprint density at radius 2 is 2.05 bits per heavy atom. The fraction of sp³-hybridized carbons (Fsp3) is 0.214. The van der Waals surface area contributed by atoms with Crippen molar-refractivity contribution in [2.75, 3.05) is 0 Å². The molecule has 2 aromatic rings. The van der Waals surface area contributed by atoms with Crippen LogP contribution in [0.15, 0.2) is 42.7 Å². The van der Waals surface area contributed by atoms with Gasteiger partial charge in [0.25, 0.3) is 5.69 Å². The number of aliphatic hydroxyl groups is 1. The zero-order chi connectivity index (χ0) is 14.5. The number of rotatable bonds is 5. The third-order valence-electron chi connectivity index (χ3n) is 2.80. The van der Waals surface area contributed by atoms with Gasteiger partial charge in [-0.2, -0.15) is 0 Å². The molecule has 0 saturated carbocycles. The summed E-state index contributed by atoms with van der Waals surface area (Å²) in [6, 6.07) is 7.81. The Morgan fingerprint density at radius 1 is 1.35 bits per heavy atom. The van der Waals surface area contributed by atoms with Crippen molar-refractivity contribution < 1.29 is 14.8 Å². The molecule has 20 heavy (non-hydrogen) atoms. The highest BCUT2D eigenvalue weighted by atomic mass is 16.6. The van der Waals surface area contributed by atoms with Gasteiger partial charge in [-0.25, -0.2) is 0 Å². The molecule has 0 saturated heterocycles. The maximum absolute atomic E-state index is 10.7. The Hall–Kier alpha value is -2.47. The Bertz CT molecular complexity index is 599. The number of aliphatic hydroxyl groups excluding tert-OH is 1. The van der Waals surface area contributed by atoms with Crippen LogP contribution in [0.2, 0.25) is 0 Å². The maximum Gasteiger partial charge on any atom is 0.270 e. The minimum atomic E-state index is -0.845. The van der Waals surface area contributed by atoms with Crippen LogP contribution >= 0.6 is 0 Å². The molecule has 1 N–H and O–H groups in total. The van der Waals surface area contributed by atoms with E-state index in [1.165, 1.54) is 18.2 Å². The largest absolute Gasteiger partial charge is 0.489 e. The molecular weight excluding hydrogens is 260 g/mol. The molecule has 6 heteroatoms. The molecule has 0 fully saturated rings. The number of hydrogen-bond acceptors (Lipinski definition) is 5. The zero-order valence-electron chi connectivity index (χ0n) is 10.9. The van der Waals surface area contributed by atoms with Gasteiger partial charge in [0.2, 0.25) is 0 Å². The summed E-state index contributed by atoms with van der Waals surface area (Å²) in [4.78, 5) is 14.1. The van der Waals surface area contributed by atoms with Crippen LogP contribution in [-0.2, 0) is 6.61 Å². The standard InChI is InChI=1S/C14H14N2O4/c1-10(17)13-8-12(16(18)19)2-3-14(13)20-9-11-4-6-15-7-5-11/h2-8,10,17H,9H2,1H3/t10-/m0/s1. The first-order valence-corrected chi connectivity index (χ1v) is 6.06. The van der Waals surface area contributed by atoms with Crippen LogP contribution in [0.3, 0.4) is 0 Å². The number of non-ortho nitro benzene ring substituents is 1. The molecule has 0 aliphatic heterocycles. The van der Waals surface area contributed by atoms with Gasteiger partial charge in [-0.15, -0.1) is 0 Å². The van der Waals surface area contributed by atoms with Gasteiger partial charge in [-0.3, -0.25) is 15.1 Å². The number of pyridine rings is 1. The van der Waals surface area contributed by atoms with Gasteiger partial charge in [-0.1, -0.05) is 0 Å². The van der Waals surface area contributed by atoms with Crippen LogP contribution < -0.4 is 4.74 Å². The lowest BCUT2D eigenvalue weighted by atomic mass is 10.1. The van der Waals surface area contributed by atoms with Crippen LogP contribution in [-0.4, -0.2) is 15.0 Å². The van der Waals surface area contributed by atoms with Gasteiger partial charge in [0.1, 0.15) is 12.4 Å². The van der Waals surface area contributed by atoms with Gasteiger partial charge in [-0.05, 0) is 30.7 Å². The lowest BCUT2D eigenvalue weighted by Crippen LogP contribution is -2.02. The maximum atomic E-state index is 10.7. The molecule has 0 aliphatic carbocycles. The fourth-order valence-electron chi connectivity index (χ4n) is 1.75. The summed E-state index contributed by atoms with van der Waals surface area (Å²) in [5, 5.41) is 20.4. The Morgan fingerprint density at radius 3 is 2.65 bits per heavy atom. The molecule has 0 radical (unpaired) electrons. The molecule has 104 valence electrons. The molecule has 1 aromatic carbocycles. The van der Waals surface area contributed by atoms with Gasteiger partial charge in [0, 0.05) is 30.1 Å². The molecular formula is C14H14N2O4. The summed E-state index contributed by atoms with van der Waals surface area (Å²) in [5.74, 6) is 0.433. The lowest BCUT2D eigenvalue weighted by Gasteiger charge is -2.13. The summed E-state index contributed by atoms with van der Waals surface area (Å²) in [5.41, 5.74) is 1.25. The second kappa shape index (κ2) is 6.12. The van der Waals surface area contributed by atoms with E-state index in [2.05, 4.69) is 4.98 Å². The normalized spacial score (nSPS) is 11.9. The van der Waals surface area contributed by atoms with Crippen molar-refractivity contribution in [3.8, 4) is 5.75 Å². The summed E-state index contributed by atoms with van der Waals surface area (Å²) in [6.45, 7) is 1.85. The predicted octanol–water partition coefficient (Wildman–Crippen LogP) is 2.62. The SMILES string of the molecule is C[C@H](O)c1cc([N+](=O)[O-])ccc1OCc1ccncc1. The molecule has 1 heterocycles. The van der Waals surface area contributed by atoms with E-state index < -0.39 is 11.0 Å². The van der Waals surface area contributed by atoms with Crippen molar-refractivity contribution in [2.45, 2.75) is 19.6 Å². The van der Waals surface area contributed by atoms with Crippen LogP contribution in [0.4, 0.5) is 5.69 Å². The first-order chi connectivity index (χ1) is 9.58. The van der Waals surface area contributed by atoms with Gasteiger partial charge in [0.05, 0.1) is 11.0 Å². The van der Waals surface area contributed by atoms with E-state index in [9.17, 15) is 15.2 Å². The Kier molecular flexibility index (Phi) is 4.27. The highest BCUT2D eigenvalue weighted by Gasteiger charge is 2.15. The molecule has 0 amide bonds. The molecule has 0 bridgehead atoms. The van der Waals surface area contributed by atoms with Crippen LogP contribution in [0.5, 0.6) is 5.75 Å². The highest BCUT2D eigenvalue weighted by Crippen LogP contribution is 2.29. The van der Waals surface area contributed by atoms with Crippen LogP contribution in [0.1, 0.15) is 24.2 Å². The number of ether oxygens (including phenoxy) is 1. The van der Waals surface area contributed by atoms with Crippen molar-refractivity contribution in [2.24, 2.45) is 0 Å². The van der Waals surface area contributed by atoms with Crippen LogP contribution in [0.25, 0.3) is 0 Å². The van der Waals surface area contributed by atoms with Crippen molar-refractivity contribution in [3.63, 3.8) is 0 Å². The zero-order valence-corrected chi connectivity index (χ0v) is 10.9. The Balaban J connectivity index is 2.20. The van der Waals surface area contributed by atoms with E-state index in [4.69, 9.17) is 4.74 Å². The first kappa shape index (κ1) is 14.0. The molecule has 0 aliphatic rings. The third-order valence-corrected chi connectivity index (χ3v) is 2.80. The number of benzene rings is 1. The Labute approximate surface area is 115 Å². The van der Waals surface area contributed by atoms with E-state index in [0.717, 1.165) is 5.56 Å². The second-order valence-corrected chi connectivity index (χ2v) is 4.30. The lowest BCUT2D eigenvalue weighted by molar-refractivity contribution is -0.385. The average Bonchev–Trinajstić information content (AvgIpc) is 2.45. The van der Waals surface area contributed by atoms with Crippen molar-refractivity contribution in [3.05, 3.63) is 64.0 Å². The quantitative estimate of drug-likeness (QED) is 0.669. The van der Waals surface area contributed by atoms with Crippen molar-refractivity contribution >= 4 is 5.69 Å². The number of nitrogens with zero attached hydrogens (tertiary/aromatic N) is 2. The molecule has 2 rings (SSSR count). The number of nitro groups is 1. The number of nitro benzene ring substituents is 1. The van der Waals surface area contributed by atoms with E-state index in [1.807, 2.05) is 12.1 Å². The predicted molar refractivity (Wildman–Crippen MR) is 72.3 cm³/mol. The van der Waals surface area contributed by atoms with Crippen molar-refractivity contribution in [1.29, 1.82) is 0 Å². The fourth-order valence-corrected chi connectivity index (χ4v) is 1.75. The van der Waals surface area contributed by atoms with Crippen molar-refractivity contribution in [1.82, 2.24) is 4.98 Å². The second-order valence-electron chi connectivity index (χ2n) is 4.30. The molecule has 1 aromatic heterocycles. The summed E-state index contributed by atoms with van der Waals surface area (Å²) in [6.07, 6.45) is 2.47. The average molecular weight is 274 g/mol. The number of aromatic nitrogens is 1. The topological polar surface area (TPSA) is 85.5 Å². The minimum Gasteiger partial charge on any atom is -0.489 e. The van der Waals surface area contributed by atoms with Gasteiger partial charge < -0.3 is 9.84 Å². The molecule has 6 nitrogen and oxygen atoms in total. The molecule has 0 unspecified atom stereocenters. The summed E-state index contributed by atoms with van der Waals surface area (Å²) >= 11 is 0. The van der Waals surface area contributed by atoms with Crippen LogP contribution in [0, 0.1) is 10.1 Å². The molecule has 1 atom stereocenters. The third kappa shape index (κ3) is 3.30. The highest BCUT2D eigenvalue weighted by molar-refractivity contribution is 5.44. The molecule has 0 spiro atoms. The van der Waals surface area contributed by atoms with E-state index in [0.29, 0.717) is 17.9 Å². The van der Waals surface area contributed by atoms with E-state index in [1.54, 1.807) is 19.3 Å². The van der Waals surface area contributed by atoms with E-state index >= 15 is 0 Å².